The Labute approximate surface area is 119 Å². The highest BCUT2D eigenvalue weighted by Gasteiger charge is 2.38. The van der Waals surface area contributed by atoms with Gasteiger partial charge in [0.25, 0.3) is 0 Å². The maximum absolute atomic E-state index is 13.1. The Morgan fingerprint density at radius 2 is 1.89 bits per heavy atom. The van der Waals surface area contributed by atoms with Crippen molar-refractivity contribution in [3.63, 3.8) is 0 Å². The molecular weight excluding hydrogens is 272 g/mol. The Morgan fingerprint density at radius 3 is 2.32 bits per heavy atom. The van der Waals surface area contributed by atoms with Gasteiger partial charge < -0.3 is 5.32 Å². The maximum Gasteiger partial charge on any atom is 0.248 e. The van der Waals surface area contributed by atoms with Gasteiger partial charge in [0, 0.05) is 30.7 Å². The minimum Gasteiger partial charge on any atom is -0.353 e. The van der Waals surface area contributed by atoms with E-state index in [-0.39, 0.29) is 49.0 Å². The summed E-state index contributed by atoms with van der Waals surface area (Å²) >= 11 is 5.76. The molecule has 5 heteroatoms. The smallest absolute Gasteiger partial charge is 0.248 e. The fourth-order valence-electron chi connectivity index (χ4n) is 2.42. The van der Waals surface area contributed by atoms with E-state index in [0.29, 0.717) is 12.3 Å². The van der Waals surface area contributed by atoms with Gasteiger partial charge in [-0.25, -0.2) is 8.78 Å². The van der Waals surface area contributed by atoms with Crippen LogP contribution < -0.4 is 5.32 Å². The maximum atomic E-state index is 13.1. The number of rotatable bonds is 4. The lowest BCUT2D eigenvalue weighted by molar-refractivity contribution is -0.130. The van der Waals surface area contributed by atoms with Gasteiger partial charge >= 0.3 is 0 Å². The number of nitrogens with one attached hydrogen (secondary N) is 1. The summed E-state index contributed by atoms with van der Waals surface area (Å²) < 4.78 is 26.1. The quantitative estimate of drug-likeness (QED) is 0.781. The Bertz CT molecular complexity index is 305. The van der Waals surface area contributed by atoms with E-state index in [9.17, 15) is 13.6 Å². The van der Waals surface area contributed by atoms with Gasteiger partial charge in [-0.2, -0.15) is 0 Å². The summed E-state index contributed by atoms with van der Waals surface area (Å²) in [5.74, 6) is -2.48. The largest absolute Gasteiger partial charge is 0.353 e. The van der Waals surface area contributed by atoms with Crippen molar-refractivity contribution in [2.75, 3.05) is 5.88 Å². The van der Waals surface area contributed by atoms with Crippen molar-refractivity contribution in [1.82, 2.24) is 5.32 Å². The zero-order valence-electron chi connectivity index (χ0n) is 11.9. The molecule has 0 aliphatic heterocycles. The average molecular weight is 296 g/mol. The number of amides is 1. The van der Waals surface area contributed by atoms with E-state index in [4.69, 9.17) is 11.6 Å². The zero-order valence-corrected chi connectivity index (χ0v) is 12.7. The molecule has 1 fully saturated rings. The summed E-state index contributed by atoms with van der Waals surface area (Å²) in [7, 11) is 0. The zero-order chi connectivity index (χ0) is 14.7. The highest BCUT2D eigenvalue weighted by molar-refractivity contribution is 6.17. The highest BCUT2D eigenvalue weighted by atomic mass is 35.5. The standard InChI is InChI=1S/C14H24ClF2NO/c1-13(2,3)11(6-9-15)18-12(19)10-4-7-14(16,17)8-5-10/h10-11H,4-9H2,1-3H3,(H,18,19). The molecule has 1 aliphatic rings. The number of carbonyl (C=O) groups is 1. The van der Waals surface area contributed by atoms with Crippen LogP contribution in [0, 0.1) is 11.3 Å². The van der Waals surface area contributed by atoms with Crippen LogP contribution in [-0.4, -0.2) is 23.8 Å². The van der Waals surface area contributed by atoms with Gasteiger partial charge in [0.2, 0.25) is 11.8 Å². The van der Waals surface area contributed by atoms with Crippen LogP contribution in [0.1, 0.15) is 52.9 Å². The molecule has 112 valence electrons. The molecule has 0 bridgehead atoms. The molecule has 1 aliphatic carbocycles. The van der Waals surface area contributed by atoms with Crippen LogP contribution >= 0.6 is 11.6 Å². The van der Waals surface area contributed by atoms with E-state index < -0.39 is 5.92 Å². The average Bonchev–Trinajstić information content (AvgIpc) is 2.26. The fourth-order valence-corrected chi connectivity index (χ4v) is 2.64. The summed E-state index contributed by atoms with van der Waals surface area (Å²) in [5.41, 5.74) is -0.0802. The summed E-state index contributed by atoms with van der Waals surface area (Å²) in [6.45, 7) is 6.12. The second-order valence-corrected chi connectivity index (χ2v) is 6.91. The van der Waals surface area contributed by atoms with Crippen molar-refractivity contribution in [2.24, 2.45) is 11.3 Å². The molecule has 1 N–H and O–H groups in total. The van der Waals surface area contributed by atoms with Gasteiger partial charge in [-0.15, -0.1) is 11.6 Å². The monoisotopic (exact) mass is 295 g/mol. The van der Waals surface area contributed by atoms with Gasteiger partial charge in [0.1, 0.15) is 0 Å². The molecule has 0 radical (unpaired) electrons. The second kappa shape index (κ2) is 6.38. The van der Waals surface area contributed by atoms with Gasteiger partial charge in [0.05, 0.1) is 0 Å². The number of hydrogen-bond donors (Lipinski definition) is 1. The molecule has 0 aromatic heterocycles. The van der Waals surface area contributed by atoms with E-state index in [2.05, 4.69) is 5.32 Å². The highest BCUT2D eigenvalue weighted by Crippen LogP contribution is 2.36. The predicted octanol–water partition coefficient (Wildman–Crippen LogP) is 3.97. The molecule has 0 aromatic carbocycles. The third-order valence-corrected chi connectivity index (χ3v) is 4.07. The summed E-state index contributed by atoms with van der Waals surface area (Å²) in [4.78, 5) is 12.1. The van der Waals surface area contributed by atoms with Crippen molar-refractivity contribution in [3.8, 4) is 0 Å². The summed E-state index contributed by atoms with van der Waals surface area (Å²) in [6.07, 6.45) is 0.883. The van der Waals surface area contributed by atoms with E-state index in [1.165, 1.54) is 0 Å². The molecule has 1 rings (SSSR count). The first-order valence-corrected chi connectivity index (χ1v) is 7.43. The number of carbonyl (C=O) groups excluding carboxylic acids is 1. The number of hydrogen-bond acceptors (Lipinski definition) is 1. The third-order valence-electron chi connectivity index (χ3n) is 3.85. The lowest BCUT2D eigenvalue weighted by atomic mass is 9.83. The topological polar surface area (TPSA) is 29.1 Å². The second-order valence-electron chi connectivity index (χ2n) is 6.54. The molecule has 1 atom stereocenters. The molecule has 0 aromatic rings. The Kier molecular flexibility index (Phi) is 5.60. The molecule has 2 nitrogen and oxygen atoms in total. The van der Waals surface area contributed by atoms with E-state index >= 15 is 0 Å². The number of halogens is 3. The van der Waals surface area contributed by atoms with Crippen molar-refractivity contribution >= 4 is 17.5 Å². The molecule has 0 heterocycles. The van der Waals surface area contributed by atoms with Crippen LogP contribution in [0.3, 0.4) is 0 Å². The predicted molar refractivity (Wildman–Crippen MR) is 73.6 cm³/mol. The Morgan fingerprint density at radius 1 is 1.37 bits per heavy atom. The Balaban J connectivity index is 2.54. The molecule has 0 spiro atoms. The lowest BCUT2D eigenvalue weighted by Crippen LogP contribution is -2.47. The third kappa shape index (κ3) is 5.25. The molecular formula is C14H24ClF2NO. The first-order chi connectivity index (χ1) is 8.65. The van der Waals surface area contributed by atoms with Gasteiger partial charge in [0.15, 0.2) is 0 Å². The van der Waals surface area contributed by atoms with Crippen LogP contribution in [0.4, 0.5) is 8.78 Å². The normalized spacial score (nSPS) is 22.0. The van der Waals surface area contributed by atoms with Crippen LogP contribution in [0.5, 0.6) is 0 Å². The van der Waals surface area contributed by atoms with E-state index in [1.807, 2.05) is 20.8 Å². The van der Waals surface area contributed by atoms with Crippen LogP contribution in [0.25, 0.3) is 0 Å². The van der Waals surface area contributed by atoms with E-state index in [0.717, 1.165) is 0 Å². The first kappa shape index (κ1) is 16.7. The van der Waals surface area contributed by atoms with Gasteiger partial charge in [-0.05, 0) is 24.7 Å². The first-order valence-electron chi connectivity index (χ1n) is 6.90. The molecule has 1 unspecified atom stereocenters. The lowest BCUT2D eigenvalue weighted by Gasteiger charge is -2.34. The molecule has 0 saturated heterocycles. The molecule has 1 amide bonds. The van der Waals surface area contributed by atoms with Crippen LogP contribution in [0.15, 0.2) is 0 Å². The minimum atomic E-state index is -2.59. The number of alkyl halides is 3. The van der Waals surface area contributed by atoms with Crippen molar-refractivity contribution in [1.29, 1.82) is 0 Å². The molecule has 1 saturated carbocycles. The minimum absolute atomic E-state index is 0.0139. The van der Waals surface area contributed by atoms with Crippen molar-refractivity contribution in [2.45, 2.75) is 64.8 Å². The van der Waals surface area contributed by atoms with Crippen LogP contribution in [0.2, 0.25) is 0 Å². The van der Waals surface area contributed by atoms with Crippen LogP contribution in [-0.2, 0) is 4.79 Å². The summed E-state index contributed by atoms with van der Waals surface area (Å²) in [5, 5.41) is 2.99. The SMILES string of the molecule is CC(C)(C)C(CCCl)NC(=O)C1CCC(F)(F)CC1. The van der Waals surface area contributed by atoms with Crippen molar-refractivity contribution in [3.05, 3.63) is 0 Å². The fraction of sp³-hybridized carbons (Fsp3) is 0.929. The van der Waals surface area contributed by atoms with Gasteiger partial charge in [-0.3, -0.25) is 4.79 Å². The summed E-state index contributed by atoms with van der Waals surface area (Å²) in [6, 6.07) is -0.0139. The van der Waals surface area contributed by atoms with Crippen molar-refractivity contribution < 1.29 is 13.6 Å². The van der Waals surface area contributed by atoms with E-state index in [1.54, 1.807) is 0 Å². The Hall–Kier alpha value is -0.380. The van der Waals surface area contributed by atoms with Gasteiger partial charge in [-0.1, -0.05) is 20.8 Å². The molecule has 19 heavy (non-hydrogen) atoms.